The van der Waals surface area contributed by atoms with E-state index in [0.29, 0.717) is 62.7 Å². The van der Waals surface area contributed by atoms with Crippen LogP contribution in [0.2, 0.25) is 0 Å². The number of carboxylic acid groups (broad SMARTS) is 1. The Balaban J connectivity index is 1.32. The van der Waals surface area contributed by atoms with Crippen LogP contribution in [0.5, 0.6) is 11.5 Å². The highest BCUT2D eigenvalue weighted by molar-refractivity contribution is 5.99. The summed E-state index contributed by atoms with van der Waals surface area (Å²) in [7, 11) is 0. The standard InChI is InChI=1S/C55H82N12O15/c1-31(58)46(72)59-37(10-3-5-23-56)52(78)65-25-7-13-43(65)49(75)63-41(30-68)47(73)61-39(28-33-15-19-35(70)20-16-33)53(79)67-27-9-14-44(67)50(76)64-45(32(2)69)51(77)62-40(29-34-17-21-36(71)22-18-34)54(80)66-26-8-12-42(66)48(74)60-38(55(81)82)11-4-6-24-57/h15-22,31-32,37-45,68-71H,3-14,23-30,56-58H2,1-2H3,(H,59,72)(H,60,74)(H,61,73)(H,62,77)(H,63,75)(H,64,76)(H,81,82)/t31-,32+,37-,38-,39-,40-,41-,42-,43-,44-,45-/m0/s1. The predicted octanol–water partition coefficient (Wildman–Crippen LogP) is -3.17. The van der Waals surface area contributed by atoms with E-state index in [1.165, 1.54) is 77.1 Å². The molecule has 3 saturated heterocycles. The number of phenols is 2. The Labute approximate surface area is 475 Å². The molecule has 27 heteroatoms. The third-order valence-corrected chi connectivity index (χ3v) is 14.9. The first kappa shape index (κ1) is 65.4. The number of likely N-dealkylation sites (tertiary alicyclic amines) is 3. The van der Waals surface area contributed by atoms with Gasteiger partial charge in [-0.1, -0.05) is 24.3 Å². The number of carbonyl (C=O) groups excluding carboxylic acids is 9. The van der Waals surface area contributed by atoms with Crippen molar-refractivity contribution in [1.29, 1.82) is 0 Å². The Morgan fingerprint density at radius 2 is 0.902 bits per heavy atom. The van der Waals surface area contributed by atoms with Crippen LogP contribution in [0.25, 0.3) is 0 Å². The number of hydrogen-bond acceptors (Lipinski definition) is 17. The summed E-state index contributed by atoms with van der Waals surface area (Å²) in [5.74, 6) is -8.44. The lowest BCUT2D eigenvalue weighted by Crippen LogP contribution is -2.62. The number of rotatable bonds is 30. The summed E-state index contributed by atoms with van der Waals surface area (Å²) < 4.78 is 0. The van der Waals surface area contributed by atoms with Gasteiger partial charge in [-0.05, 0) is 139 Å². The molecule has 5 rings (SSSR count). The lowest BCUT2D eigenvalue weighted by Gasteiger charge is -2.32. The number of aromatic hydroxyl groups is 2. The van der Waals surface area contributed by atoms with Crippen molar-refractivity contribution >= 4 is 59.1 Å². The second kappa shape index (κ2) is 31.7. The van der Waals surface area contributed by atoms with Gasteiger partial charge in [-0.2, -0.15) is 0 Å². The molecule has 0 bridgehead atoms. The van der Waals surface area contributed by atoms with Crippen molar-refractivity contribution in [3.63, 3.8) is 0 Å². The fourth-order valence-corrected chi connectivity index (χ4v) is 10.4. The third kappa shape index (κ3) is 18.3. The van der Waals surface area contributed by atoms with E-state index in [1.54, 1.807) is 0 Å². The molecule has 27 nitrogen and oxygen atoms in total. The van der Waals surface area contributed by atoms with Crippen LogP contribution in [0.1, 0.15) is 102 Å². The highest BCUT2D eigenvalue weighted by atomic mass is 16.4. The first-order valence-corrected chi connectivity index (χ1v) is 28.1. The molecular weight excluding hydrogens is 1070 g/mol. The highest BCUT2D eigenvalue weighted by Crippen LogP contribution is 2.25. The molecule has 0 saturated carbocycles. The molecule has 17 N–H and O–H groups in total. The minimum atomic E-state index is -1.73. The van der Waals surface area contributed by atoms with E-state index in [2.05, 4.69) is 31.9 Å². The summed E-state index contributed by atoms with van der Waals surface area (Å²) in [5, 5.41) is 66.8. The fourth-order valence-electron chi connectivity index (χ4n) is 10.4. The predicted molar refractivity (Wildman–Crippen MR) is 295 cm³/mol. The van der Waals surface area contributed by atoms with Crippen LogP contribution in [-0.2, 0) is 60.8 Å². The summed E-state index contributed by atoms with van der Waals surface area (Å²) in [6.07, 6.45) is 1.85. The van der Waals surface area contributed by atoms with E-state index in [9.17, 15) is 73.5 Å². The fraction of sp³-hybridized carbons (Fsp3) is 0.600. The average molecular weight is 1150 g/mol. The normalized spacial score (nSPS) is 19.8. The van der Waals surface area contributed by atoms with Gasteiger partial charge in [0.2, 0.25) is 53.2 Å². The van der Waals surface area contributed by atoms with Crippen LogP contribution >= 0.6 is 0 Å². The Morgan fingerprint density at radius 3 is 1.29 bits per heavy atom. The van der Waals surface area contributed by atoms with Crippen LogP contribution in [-0.4, -0.2) is 205 Å². The number of phenolic OH excluding ortho intramolecular Hbond substituents is 2. The summed E-state index contributed by atoms with van der Waals surface area (Å²) >= 11 is 0. The van der Waals surface area contributed by atoms with Crippen molar-refractivity contribution in [3.8, 4) is 11.5 Å². The van der Waals surface area contributed by atoms with E-state index >= 15 is 0 Å². The van der Waals surface area contributed by atoms with Crippen molar-refractivity contribution in [2.24, 2.45) is 17.2 Å². The number of benzene rings is 2. The summed E-state index contributed by atoms with van der Waals surface area (Å²) in [5.41, 5.74) is 17.9. The van der Waals surface area contributed by atoms with Crippen molar-refractivity contribution < 1.29 is 73.5 Å². The van der Waals surface area contributed by atoms with Gasteiger partial charge in [0.15, 0.2) is 0 Å². The number of amides is 9. The number of carbonyl (C=O) groups is 10. The first-order valence-electron chi connectivity index (χ1n) is 28.1. The number of unbranched alkanes of at least 4 members (excludes halogenated alkanes) is 2. The second-order valence-electron chi connectivity index (χ2n) is 21.2. The van der Waals surface area contributed by atoms with Gasteiger partial charge >= 0.3 is 5.97 Å². The molecular formula is C55H82N12O15. The molecule has 0 aromatic heterocycles. The van der Waals surface area contributed by atoms with Gasteiger partial charge in [0.1, 0.15) is 65.9 Å². The van der Waals surface area contributed by atoms with Crippen molar-refractivity contribution in [1.82, 2.24) is 46.6 Å². The maximum Gasteiger partial charge on any atom is 0.326 e. The minimum Gasteiger partial charge on any atom is -0.508 e. The minimum absolute atomic E-state index is 0.0112. The number of carboxylic acids is 1. The number of nitrogens with one attached hydrogen (secondary N) is 6. The zero-order valence-electron chi connectivity index (χ0n) is 46.5. The van der Waals surface area contributed by atoms with Gasteiger partial charge in [-0.3, -0.25) is 43.2 Å². The summed E-state index contributed by atoms with van der Waals surface area (Å²) in [4.78, 5) is 142. The van der Waals surface area contributed by atoms with Crippen LogP contribution in [0.3, 0.4) is 0 Å². The Bertz CT molecular complexity index is 2540. The van der Waals surface area contributed by atoms with Gasteiger partial charge in [-0.25, -0.2) is 4.79 Å². The zero-order chi connectivity index (χ0) is 60.2. The third-order valence-electron chi connectivity index (χ3n) is 14.9. The van der Waals surface area contributed by atoms with Gasteiger partial charge in [-0.15, -0.1) is 0 Å². The number of aliphatic carboxylic acids is 1. The van der Waals surface area contributed by atoms with E-state index in [-0.39, 0.29) is 82.5 Å². The number of hydrogen-bond donors (Lipinski definition) is 14. The molecule has 3 aliphatic rings. The topological polar surface area (TPSA) is 432 Å². The molecule has 2 aromatic carbocycles. The van der Waals surface area contributed by atoms with Gasteiger partial charge in [0, 0.05) is 32.5 Å². The average Bonchev–Trinajstić information content (AvgIpc) is 4.43. The first-order chi connectivity index (χ1) is 39.1. The van der Waals surface area contributed by atoms with Crippen LogP contribution in [0, 0.1) is 0 Å². The van der Waals surface area contributed by atoms with E-state index in [0.717, 1.165) is 0 Å². The van der Waals surface area contributed by atoms with E-state index < -0.39 is 132 Å². The molecule has 3 aliphatic heterocycles. The second-order valence-corrected chi connectivity index (χ2v) is 21.2. The SMILES string of the molecule is C[C@H](N)C(=O)N[C@@H](CCCCN)C(=O)N1CCC[C@H]1C(=O)N[C@@H](CO)C(=O)N[C@@H](Cc1ccc(O)cc1)C(=O)N1CCC[C@H]1C(=O)N[C@H](C(=O)N[C@@H](Cc1ccc(O)cc1)C(=O)N1CCC[C@H]1C(=O)N[C@@H](CCCCN)C(=O)O)[C@@H](C)O. The number of nitrogens with zero attached hydrogens (tertiary/aromatic N) is 3. The quantitative estimate of drug-likeness (QED) is 0.0343. The van der Waals surface area contributed by atoms with Crippen LogP contribution in [0.4, 0.5) is 0 Å². The van der Waals surface area contributed by atoms with Crippen LogP contribution in [0.15, 0.2) is 48.5 Å². The molecule has 0 radical (unpaired) electrons. The number of nitrogens with two attached hydrogens (primary N) is 3. The molecule has 82 heavy (non-hydrogen) atoms. The van der Waals surface area contributed by atoms with Crippen molar-refractivity contribution in [3.05, 3.63) is 59.7 Å². The molecule has 3 fully saturated rings. The van der Waals surface area contributed by atoms with Crippen molar-refractivity contribution in [2.45, 2.75) is 170 Å². The largest absolute Gasteiger partial charge is 0.508 e. The number of aliphatic hydroxyl groups excluding tert-OH is 2. The summed E-state index contributed by atoms with van der Waals surface area (Å²) in [6.45, 7) is 2.64. The summed E-state index contributed by atoms with van der Waals surface area (Å²) in [6, 6.07) is -1.47. The highest BCUT2D eigenvalue weighted by Gasteiger charge is 2.44. The molecule has 11 atom stereocenters. The Morgan fingerprint density at radius 1 is 0.524 bits per heavy atom. The monoisotopic (exact) mass is 1150 g/mol. The molecule has 3 heterocycles. The lowest BCUT2D eigenvalue weighted by molar-refractivity contribution is -0.145. The maximum atomic E-state index is 14.7. The van der Waals surface area contributed by atoms with Gasteiger partial charge in [0.25, 0.3) is 0 Å². The molecule has 9 amide bonds. The van der Waals surface area contributed by atoms with Crippen molar-refractivity contribution in [2.75, 3.05) is 39.3 Å². The maximum absolute atomic E-state index is 14.7. The zero-order valence-corrected chi connectivity index (χ0v) is 46.5. The van der Waals surface area contributed by atoms with Crippen LogP contribution < -0.4 is 49.1 Å². The van der Waals surface area contributed by atoms with E-state index in [4.69, 9.17) is 17.2 Å². The smallest absolute Gasteiger partial charge is 0.326 e. The molecule has 0 aliphatic carbocycles. The molecule has 2 aromatic rings. The Kier molecular flexibility index (Phi) is 25.2. The molecule has 0 spiro atoms. The number of aliphatic hydroxyl groups is 2. The molecule has 0 unspecified atom stereocenters. The molecule has 452 valence electrons. The lowest BCUT2D eigenvalue weighted by atomic mass is 10.0. The van der Waals surface area contributed by atoms with Gasteiger partial charge < -0.3 is 89.3 Å². The van der Waals surface area contributed by atoms with E-state index in [1.807, 2.05) is 0 Å². The Hall–Kier alpha value is -7.46. The van der Waals surface area contributed by atoms with Gasteiger partial charge in [0.05, 0.1) is 18.8 Å².